The highest BCUT2D eigenvalue weighted by molar-refractivity contribution is 9.10. The molecule has 2 aromatic rings. The minimum absolute atomic E-state index is 0.0550. The van der Waals surface area contributed by atoms with Crippen molar-refractivity contribution in [2.75, 3.05) is 0 Å². The Balaban J connectivity index is 2.62. The summed E-state index contributed by atoms with van der Waals surface area (Å²) in [5.41, 5.74) is 0.260. The lowest BCUT2D eigenvalue weighted by atomic mass is 10.2. The van der Waals surface area contributed by atoms with Gasteiger partial charge in [0, 0.05) is 6.20 Å². The van der Waals surface area contributed by atoms with Crippen molar-refractivity contribution in [3.63, 3.8) is 0 Å². The Morgan fingerprint density at radius 3 is 2.80 bits per heavy atom. The van der Waals surface area contributed by atoms with E-state index in [0.717, 1.165) is 10.7 Å². The van der Waals surface area contributed by atoms with E-state index in [-0.39, 0.29) is 5.56 Å². The number of hydrogen-bond acceptors (Lipinski definition) is 3. The van der Waals surface area contributed by atoms with Gasteiger partial charge in [-0.25, -0.2) is 9.07 Å². The van der Waals surface area contributed by atoms with Gasteiger partial charge >= 0.3 is 0 Å². The van der Waals surface area contributed by atoms with Gasteiger partial charge in [0.15, 0.2) is 12.1 Å². The van der Waals surface area contributed by atoms with E-state index in [1.165, 1.54) is 10.9 Å². The predicted octanol–water partition coefficient (Wildman–Crippen LogP) is 1.98. The molecule has 0 atom stereocenters. The van der Waals surface area contributed by atoms with Crippen LogP contribution in [0.2, 0.25) is 0 Å². The van der Waals surface area contributed by atoms with E-state index in [9.17, 15) is 9.18 Å². The zero-order valence-corrected chi connectivity index (χ0v) is 8.98. The molecule has 0 amide bonds. The van der Waals surface area contributed by atoms with Crippen molar-refractivity contribution < 1.29 is 9.18 Å². The summed E-state index contributed by atoms with van der Waals surface area (Å²) in [6.45, 7) is 0. The fraction of sp³-hybridized carbons (Fsp3) is 0. The molecule has 0 aliphatic rings. The maximum Gasteiger partial charge on any atom is 0.155 e. The Hall–Kier alpha value is -1.56. The van der Waals surface area contributed by atoms with Gasteiger partial charge in [0.1, 0.15) is 0 Å². The summed E-state index contributed by atoms with van der Waals surface area (Å²) < 4.78 is 15.3. The molecule has 6 heteroatoms. The summed E-state index contributed by atoms with van der Waals surface area (Å²) in [5.74, 6) is -0.658. The molecule has 0 radical (unpaired) electrons. The highest BCUT2D eigenvalue weighted by Gasteiger charge is 2.10. The van der Waals surface area contributed by atoms with Crippen LogP contribution in [0, 0.1) is 5.82 Å². The van der Waals surface area contributed by atoms with Gasteiger partial charge in [-0.2, -0.15) is 5.10 Å². The first-order valence-corrected chi connectivity index (χ1v) is 4.81. The number of carbonyl (C=O) groups excluding carboxylic acids is 1. The van der Waals surface area contributed by atoms with Gasteiger partial charge in [-0.05, 0) is 15.9 Å². The van der Waals surface area contributed by atoms with Crippen LogP contribution in [0.3, 0.4) is 0 Å². The molecule has 0 saturated heterocycles. The molecule has 0 aliphatic heterocycles. The SMILES string of the molecule is O=Cc1c(F)cncc1-n1cc(Br)cn1. The van der Waals surface area contributed by atoms with Crippen LogP contribution in [-0.2, 0) is 0 Å². The summed E-state index contributed by atoms with van der Waals surface area (Å²) in [4.78, 5) is 14.4. The Bertz CT molecular complexity index is 512. The molecule has 0 aliphatic carbocycles. The third-order valence-electron chi connectivity index (χ3n) is 1.83. The van der Waals surface area contributed by atoms with E-state index in [1.807, 2.05) is 0 Å². The minimum atomic E-state index is -0.658. The summed E-state index contributed by atoms with van der Waals surface area (Å²) in [6, 6.07) is 0. The van der Waals surface area contributed by atoms with Crippen LogP contribution >= 0.6 is 15.9 Å². The first kappa shape index (κ1) is 9.97. The lowest BCUT2D eigenvalue weighted by molar-refractivity contribution is 0.111. The molecule has 0 unspecified atom stereocenters. The smallest absolute Gasteiger partial charge is 0.155 e. The van der Waals surface area contributed by atoms with Gasteiger partial charge in [-0.3, -0.25) is 9.78 Å². The number of aldehydes is 1. The summed E-state index contributed by atoms with van der Waals surface area (Å²) in [5, 5.41) is 3.94. The molecule has 76 valence electrons. The number of hydrogen-bond donors (Lipinski definition) is 0. The highest BCUT2D eigenvalue weighted by Crippen LogP contribution is 2.16. The van der Waals surface area contributed by atoms with E-state index < -0.39 is 5.82 Å². The quantitative estimate of drug-likeness (QED) is 0.784. The molecular weight excluding hydrogens is 265 g/mol. The van der Waals surface area contributed by atoms with Crippen molar-refractivity contribution in [2.24, 2.45) is 0 Å². The second-order valence-corrected chi connectivity index (χ2v) is 3.69. The average molecular weight is 270 g/mol. The van der Waals surface area contributed by atoms with Gasteiger partial charge in [-0.1, -0.05) is 0 Å². The topological polar surface area (TPSA) is 47.8 Å². The zero-order chi connectivity index (χ0) is 10.8. The summed E-state index contributed by atoms with van der Waals surface area (Å²) in [6.07, 6.45) is 5.98. The standard InChI is InChI=1S/C9H5BrFN3O/c10-6-1-13-14(4-6)9-3-12-2-8(11)7(9)5-15/h1-5H. The Labute approximate surface area is 92.9 Å². The molecule has 0 spiro atoms. The van der Waals surface area contributed by atoms with Crippen LogP contribution in [0.1, 0.15) is 10.4 Å². The fourth-order valence-electron chi connectivity index (χ4n) is 1.17. The van der Waals surface area contributed by atoms with Gasteiger partial charge in [0.05, 0.1) is 34.3 Å². The Kier molecular flexibility index (Phi) is 2.59. The molecule has 4 nitrogen and oxygen atoms in total. The van der Waals surface area contributed by atoms with E-state index >= 15 is 0 Å². The zero-order valence-electron chi connectivity index (χ0n) is 7.39. The van der Waals surface area contributed by atoms with Crippen molar-refractivity contribution in [2.45, 2.75) is 0 Å². The first-order chi connectivity index (χ1) is 7.22. The average Bonchev–Trinajstić information content (AvgIpc) is 2.64. The summed E-state index contributed by atoms with van der Waals surface area (Å²) in [7, 11) is 0. The van der Waals surface area contributed by atoms with Gasteiger partial charge in [-0.15, -0.1) is 0 Å². The molecule has 15 heavy (non-hydrogen) atoms. The predicted molar refractivity (Wildman–Crippen MR) is 54.4 cm³/mol. The van der Waals surface area contributed by atoms with E-state index in [2.05, 4.69) is 26.0 Å². The van der Waals surface area contributed by atoms with Crippen molar-refractivity contribution >= 4 is 22.2 Å². The maximum absolute atomic E-state index is 13.2. The number of rotatable bonds is 2. The summed E-state index contributed by atoms with van der Waals surface area (Å²) >= 11 is 3.21. The van der Waals surface area contributed by atoms with E-state index in [1.54, 1.807) is 12.4 Å². The number of carbonyl (C=O) groups is 1. The third-order valence-corrected chi connectivity index (χ3v) is 2.24. The monoisotopic (exact) mass is 269 g/mol. The van der Waals surface area contributed by atoms with Crippen molar-refractivity contribution in [1.82, 2.24) is 14.8 Å². The number of halogens is 2. The second kappa shape index (κ2) is 3.90. The van der Waals surface area contributed by atoms with Gasteiger partial charge < -0.3 is 0 Å². The number of aromatic nitrogens is 3. The third kappa shape index (κ3) is 1.80. The first-order valence-electron chi connectivity index (χ1n) is 4.01. The highest BCUT2D eigenvalue weighted by atomic mass is 79.9. The van der Waals surface area contributed by atoms with E-state index in [4.69, 9.17) is 0 Å². The van der Waals surface area contributed by atoms with Crippen LogP contribution in [0.15, 0.2) is 29.3 Å². The lowest BCUT2D eigenvalue weighted by Gasteiger charge is -2.03. The van der Waals surface area contributed by atoms with Crippen molar-refractivity contribution in [3.8, 4) is 5.69 Å². The normalized spacial score (nSPS) is 10.3. The van der Waals surface area contributed by atoms with Crippen LogP contribution in [0.4, 0.5) is 4.39 Å². The Morgan fingerprint density at radius 1 is 1.40 bits per heavy atom. The molecule has 0 saturated carbocycles. The van der Waals surface area contributed by atoms with Crippen LogP contribution < -0.4 is 0 Å². The molecule has 0 aromatic carbocycles. The fourth-order valence-corrected chi connectivity index (χ4v) is 1.45. The largest absolute Gasteiger partial charge is 0.298 e. The molecule has 0 bridgehead atoms. The van der Waals surface area contributed by atoms with Crippen LogP contribution in [0.25, 0.3) is 5.69 Å². The second-order valence-electron chi connectivity index (χ2n) is 2.78. The molecule has 0 fully saturated rings. The molecular formula is C9H5BrFN3O. The molecule has 2 heterocycles. The van der Waals surface area contributed by atoms with Crippen molar-refractivity contribution in [3.05, 3.63) is 40.6 Å². The van der Waals surface area contributed by atoms with Gasteiger partial charge in [0.25, 0.3) is 0 Å². The lowest BCUT2D eigenvalue weighted by Crippen LogP contribution is -2.02. The molecule has 2 rings (SSSR count). The Morgan fingerprint density at radius 2 is 2.20 bits per heavy atom. The molecule has 0 N–H and O–H groups in total. The van der Waals surface area contributed by atoms with Crippen molar-refractivity contribution in [1.29, 1.82) is 0 Å². The number of pyridine rings is 1. The van der Waals surface area contributed by atoms with Crippen LogP contribution in [-0.4, -0.2) is 21.1 Å². The van der Waals surface area contributed by atoms with Gasteiger partial charge in [0.2, 0.25) is 0 Å². The maximum atomic E-state index is 13.2. The van der Waals surface area contributed by atoms with E-state index in [0.29, 0.717) is 12.0 Å². The molecule has 2 aromatic heterocycles. The van der Waals surface area contributed by atoms with Crippen LogP contribution in [0.5, 0.6) is 0 Å². The number of nitrogens with zero attached hydrogens (tertiary/aromatic N) is 3. The minimum Gasteiger partial charge on any atom is -0.298 e.